The second-order valence-corrected chi connectivity index (χ2v) is 3.27. The third-order valence-corrected chi connectivity index (χ3v) is 2.30. The molecule has 2 heterocycles. The summed E-state index contributed by atoms with van der Waals surface area (Å²) in [4.78, 5) is 14.6. The van der Waals surface area contributed by atoms with Gasteiger partial charge in [0, 0.05) is 18.8 Å². The third kappa shape index (κ3) is 1.30. The van der Waals surface area contributed by atoms with Crippen molar-refractivity contribution in [1.29, 1.82) is 0 Å². The van der Waals surface area contributed by atoms with Crippen molar-refractivity contribution in [3.05, 3.63) is 11.8 Å². The van der Waals surface area contributed by atoms with Gasteiger partial charge in [0.1, 0.15) is 0 Å². The van der Waals surface area contributed by atoms with Crippen LogP contribution in [0.4, 0.5) is 0 Å². The van der Waals surface area contributed by atoms with E-state index in [-0.39, 0.29) is 6.54 Å². The fourth-order valence-corrected chi connectivity index (χ4v) is 1.80. The van der Waals surface area contributed by atoms with Crippen molar-refractivity contribution in [3.63, 3.8) is 0 Å². The van der Waals surface area contributed by atoms with Crippen molar-refractivity contribution in [2.45, 2.75) is 6.42 Å². The monoisotopic (exact) mass is 168 g/mol. The molecule has 0 aromatic carbocycles. The van der Waals surface area contributed by atoms with Gasteiger partial charge in [0.25, 0.3) is 0 Å². The molecular weight excluding hydrogens is 156 g/mol. The van der Waals surface area contributed by atoms with Gasteiger partial charge < -0.3 is 10.0 Å². The van der Waals surface area contributed by atoms with Crippen LogP contribution in [0.3, 0.4) is 0 Å². The maximum absolute atomic E-state index is 10.4. The molecule has 1 saturated heterocycles. The lowest BCUT2D eigenvalue weighted by Crippen LogP contribution is -2.30. The van der Waals surface area contributed by atoms with E-state index in [0.717, 1.165) is 26.2 Å². The molecule has 0 aliphatic carbocycles. The smallest absolute Gasteiger partial charge is 0.317 e. The Labute approximate surface area is 71.1 Å². The summed E-state index contributed by atoms with van der Waals surface area (Å²) in [6, 6.07) is 0. The fraction of sp³-hybridized carbons (Fsp3) is 0.625. The maximum Gasteiger partial charge on any atom is 0.317 e. The van der Waals surface area contributed by atoms with Crippen LogP contribution in [0.1, 0.15) is 6.42 Å². The average Bonchev–Trinajstić information content (AvgIpc) is 2.43. The first-order valence-electron chi connectivity index (χ1n) is 4.14. The van der Waals surface area contributed by atoms with Crippen molar-refractivity contribution < 1.29 is 9.90 Å². The molecule has 0 bridgehead atoms. The number of aliphatic carboxylic acids is 1. The Morgan fingerprint density at radius 1 is 1.67 bits per heavy atom. The predicted molar refractivity (Wildman–Crippen MR) is 43.5 cm³/mol. The molecule has 2 aliphatic heterocycles. The molecule has 12 heavy (non-hydrogen) atoms. The molecule has 1 N–H and O–H groups in total. The molecule has 0 spiro atoms. The van der Waals surface area contributed by atoms with E-state index < -0.39 is 5.97 Å². The van der Waals surface area contributed by atoms with Crippen LogP contribution >= 0.6 is 0 Å². The molecule has 4 heteroatoms. The van der Waals surface area contributed by atoms with Gasteiger partial charge in [-0.3, -0.25) is 9.69 Å². The summed E-state index contributed by atoms with van der Waals surface area (Å²) < 4.78 is 0. The number of carboxylic acid groups (broad SMARTS) is 1. The van der Waals surface area contributed by atoms with E-state index >= 15 is 0 Å². The number of carboxylic acids is 1. The molecule has 0 saturated carbocycles. The normalized spacial score (nSPS) is 22.7. The molecule has 0 radical (unpaired) electrons. The van der Waals surface area contributed by atoms with Gasteiger partial charge in [-0.2, -0.15) is 0 Å². The number of carbonyl (C=O) groups is 1. The number of rotatable bonds is 2. The first-order valence-corrected chi connectivity index (χ1v) is 4.14. The first kappa shape index (κ1) is 7.61. The van der Waals surface area contributed by atoms with E-state index in [2.05, 4.69) is 11.0 Å². The number of hydrogen-bond donors (Lipinski definition) is 1. The minimum absolute atomic E-state index is 0.161. The lowest BCUT2D eigenvalue weighted by atomic mass is 10.4. The Bertz CT molecular complexity index is 237. The Hall–Kier alpha value is -1.03. The lowest BCUT2D eigenvalue weighted by molar-refractivity contribution is -0.138. The van der Waals surface area contributed by atoms with Crippen LogP contribution in [0.25, 0.3) is 0 Å². The number of nitrogens with zero attached hydrogens (tertiary/aromatic N) is 2. The SMILES string of the molecule is O=C(O)CN1CC2=CCCN2C1. The van der Waals surface area contributed by atoms with Gasteiger partial charge in [0.05, 0.1) is 13.2 Å². The van der Waals surface area contributed by atoms with Crippen molar-refractivity contribution >= 4 is 5.97 Å². The molecule has 0 atom stereocenters. The van der Waals surface area contributed by atoms with E-state index in [1.807, 2.05) is 4.90 Å². The Morgan fingerprint density at radius 2 is 2.50 bits per heavy atom. The Morgan fingerprint density at radius 3 is 3.17 bits per heavy atom. The van der Waals surface area contributed by atoms with Crippen molar-refractivity contribution in [1.82, 2.24) is 9.80 Å². The topological polar surface area (TPSA) is 43.8 Å². The largest absolute Gasteiger partial charge is 0.480 e. The van der Waals surface area contributed by atoms with E-state index in [9.17, 15) is 4.79 Å². The minimum atomic E-state index is -0.739. The predicted octanol–water partition coefficient (Wildman–Crippen LogP) is -0.0663. The zero-order valence-corrected chi connectivity index (χ0v) is 6.86. The van der Waals surface area contributed by atoms with E-state index in [1.54, 1.807) is 0 Å². The van der Waals surface area contributed by atoms with E-state index in [0.29, 0.717) is 0 Å². The van der Waals surface area contributed by atoms with Gasteiger partial charge in [0.2, 0.25) is 0 Å². The van der Waals surface area contributed by atoms with Gasteiger partial charge in [0.15, 0.2) is 0 Å². The molecule has 0 aromatic heterocycles. The summed E-state index contributed by atoms with van der Waals surface area (Å²) in [6.07, 6.45) is 3.32. The van der Waals surface area contributed by atoms with Crippen LogP contribution in [0.2, 0.25) is 0 Å². The highest BCUT2D eigenvalue weighted by Crippen LogP contribution is 2.22. The Kier molecular flexibility index (Phi) is 1.77. The second-order valence-electron chi connectivity index (χ2n) is 3.27. The Balaban J connectivity index is 1.94. The van der Waals surface area contributed by atoms with Gasteiger partial charge in [-0.1, -0.05) is 6.08 Å². The number of hydrogen-bond acceptors (Lipinski definition) is 3. The van der Waals surface area contributed by atoms with E-state index in [1.165, 1.54) is 5.70 Å². The quantitative estimate of drug-likeness (QED) is 0.627. The van der Waals surface area contributed by atoms with Crippen molar-refractivity contribution in [2.75, 3.05) is 26.3 Å². The molecule has 1 fully saturated rings. The summed E-state index contributed by atoms with van der Waals surface area (Å²) in [5.41, 5.74) is 1.30. The molecule has 2 aliphatic rings. The van der Waals surface area contributed by atoms with Crippen LogP contribution in [0, 0.1) is 0 Å². The van der Waals surface area contributed by atoms with Crippen LogP contribution in [-0.2, 0) is 4.79 Å². The van der Waals surface area contributed by atoms with Gasteiger partial charge in [-0.15, -0.1) is 0 Å². The summed E-state index contributed by atoms with van der Waals surface area (Å²) in [5, 5.41) is 8.56. The van der Waals surface area contributed by atoms with Gasteiger partial charge >= 0.3 is 5.97 Å². The standard InChI is InChI=1S/C8H12N2O2/c11-8(12)5-9-4-7-2-1-3-10(7)6-9/h2H,1,3-6H2,(H,11,12). The molecular formula is C8H12N2O2. The molecule has 66 valence electrons. The van der Waals surface area contributed by atoms with Crippen LogP contribution in [0.5, 0.6) is 0 Å². The van der Waals surface area contributed by atoms with Crippen LogP contribution in [0.15, 0.2) is 11.8 Å². The molecule has 0 amide bonds. The van der Waals surface area contributed by atoms with Gasteiger partial charge in [-0.25, -0.2) is 0 Å². The van der Waals surface area contributed by atoms with Crippen molar-refractivity contribution in [2.24, 2.45) is 0 Å². The molecule has 0 aromatic rings. The first-order chi connectivity index (χ1) is 5.75. The third-order valence-electron chi connectivity index (χ3n) is 2.30. The van der Waals surface area contributed by atoms with Crippen LogP contribution in [-0.4, -0.2) is 47.2 Å². The highest BCUT2D eigenvalue weighted by Gasteiger charge is 2.27. The highest BCUT2D eigenvalue weighted by molar-refractivity contribution is 5.69. The molecule has 0 unspecified atom stereocenters. The molecule has 4 nitrogen and oxygen atoms in total. The summed E-state index contributed by atoms with van der Waals surface area (Å²) in [6.45, 7) is 2.82. The van der Waals surface area contributed by atoms with Crippen molar-refractivity contribution in [3.8, 4) is 0 Å². The second kappa shape index (κ2) is 2.79. The zero-order valence-electron chi connectivity index (χ0n) is 6.86. The average molecular weight is 168 g/mol. The van der Waals surface area contributed by atoms with Crippen LogP contribution < -0.4 is 0 Å². The fourth-order valence-electron chi connectivity index (χ4n) is 1.80. The summed E-state index contributed by atoms with van der Waals surface area (Å²) in [5.74, 6) is -0.739. The van der Waals surface area contributed by atoms with E-state index in [4.69, 9.17) is 5.11 Å². The summed E-state index contributed by atoms with van der Waals surface area (Å²) >= 11 is 0. The highest BCUT2D eigenvalue weighted by atomic mass is 16.4. The maximum atomic E-state index is 10.4. The number of fused-ring (bicyclic) bond motifs is 1. The molecule has 2 rings (SSSR count). The minimum Gasteiger partial charge on any atom is -0.480 e. The summed E-state index contributed by atoms with van der Waals surface area (Å²) in [7, 11) is 0. The zero-order chi connectivity index (χ0) is 8.55. The van der Waals surface area contributed by atoms with Gasteiger partial charge in [-0.05, 0) is 6.42 Å². The lowest BCUT2D eigenvalue weighted by Gasteiger charge is -2.14.